The molecular formula is C33H22Li4N8Na16O14S4. The third kappa shape index (κ3) is 36.5. The number of hydrogen-bond donors (Lipinski definition) is 4. The van der Waals surface area contributed by atoms with Crippen LogP contribution in [0.1, 0.15) is 37.4 Å². The summed E-state index contributed by atoms with van der Waals surface area (Å²) in [4.78, 5) is 22.6. The van der Waals surface area contributed by atoms with Crippen LogP contribution >= 0.6 is 0 Å². The fraction of sp³-hybridized carbons (Fsp3) is 0.0303. The Morgan fingerprint density at radius 1 is 0.430 bits per heavy atom. The molecule has 0 aromatic heterocycles. The molecule has 46 heteroatoms. The van der Waals surface area contributed by atoms with Crippen molar-refractivity contribution in [2.24, 2.45) is 20.4 Å². The van der Waals surface area contributed by atoms with Gasteiger partial charge in [-0.15, -0.1) is 0 Å². The van der Waals surface area contributed by atoms with Crippen LogP contribution in [0.3, 0.4) is 0 Å². The molecule has 0 spiro atoms. The average molecular weight is 1280 g/mol. The Balaban J connectivity index is -0.000000158. The largest absolute Gasteiger partial charge is 1.00 e. The summed E-state index contributed by atoms with van der Waals surface area (Å²) >= 11 is 0. The summed E-state index contributed by atoms with van der Waals surface area (Å²) in [6, 6.07) is 13.0. The number of hydrogen-bond acceptors (Lipinski definition) is 22. The molecule has 2 aliphatic carbocycles. The molecular weight excluding hydrogens is 1260 g/mol. The minimum absolute atomic E-state index is 0. The van der Waals surface area contributed by atoms with Crippen molar-refractivity contribution < 1.29 is 137 Å². The molecule has 322 valence electrons. The third-order valence-corrected chi connectivity index (χ3v) is 11.7. The number of hydrazone groups is 2. The molecule has 4 aromatic carbocycles. The van der Waals surface area contributed by atoms with Crippen molar-refractivity contribution in [3.05, 3.63) is 104 Å². The van der Waals surface area contributed by atoms with Crippen molar-refractivity contribution in [3.63, 3.8) is 0 Å². The standard InChI is InChI=1S/C33H26N8O14S4.4Li.16Na/c1-15-8-20(6-7-25(15)39-41-31-27(59(53,54)55)12-17-10-22(57(47,48)49)14-24(35)29(17)33(31)43)38-36-18-2-4-19(5-3-18)37-40-30-26(58(50,51)52)11-16-9-21(56(44,45)46)13-23(34)28(16)32(30)42;;;;;;;;;;;;;;;;;;;;/h2-14,37,39H,34-35H2,1H3,(H,44,45,46)(H,47,48,49)(H,50,51,52)(H,53,54,55);;;;;;;;;;;;;;;;;;;;/q;4*+1;;;;;;;;;;;;;;;;/p-4/b38-36?,40-30+,41-31+;;;;;;;;;;;;;;;;;;;;. The molecule has 0 saturated heterocycles. The van der Waals surface area contributed by atoms with Crippen LogP contribution in [0, 0.1) is 6.92 Å². The molecule has 6 rings (SSSR count). The van der Waals surface area contributed by atoms with Crippen LogP contribution in [0.2, 0.25) is 0 Å². The predicted octanol–water partition coefficient (Wildman–Crippen LogP) is -15.6. The van der Waals surface area contributed by atoms with Gasteiger partial charge in [0.2, 0.25) is 11.6 Å². The van der Waals surface area contributed by atoms with Crippen molar-refractivity contribution in [2.45, 2.75) is 16.7 Å². The van der Waals surface area contributed by atoms with E-state index in [4.69, 9.17) is 11.5 Å². The Labute approximate surface area is 861 Å². The van der Waals surface area contributed by atoms with Gasteiger partial charge in [0.15, 0.2) is 0 Å². The van der Waals surface area contributed by atoms with E-state index in [1.54, 1.807) is 6.92 Å². The molecule has 22 nitrogen and oxygen atoms in total. The van der Waals surface area contributed by atoms with Gasteiger partial charge in [-0.05, 0) is 102 Å². The number of ketones is 2. The molecule has 0 amide bonds. The van der Waals surface area contributed by atoms with E-state index in [-0.39, 0.29) is 588 Å². The number of rotatable bonds is 10. The minimum atomic E-state index is -5.37. The second-order valence-electron chi connectivity index (χ2n) is 12.3. The normalized spacial score (nSPS) is 12.1. The number of Topliss-reactive ketones (excluding diaryl/α,β-unsaturated/α-hetero) is 2. The maximum atomic E-state index is 13.3. The van der Waals surface area contributed by atoms with Crippen LogP contribution in [0.25, 0.3) is 12.2 Å². The van der Waals surface area contributed by atoms with Crippen molar-refractivity contribution in [2.75, 3.05) is 22.3 Å². The Morgan fingerprint density at radius 3 is 1.06 bits per heavy atom. The minimum Gasteiger partial charge on any atom is -0.744 e. The van der Waals surface area contributed by atoms with E-state index >= 15 is 0 Å². The molecule has 0 bridgehead atoms. The van der Waals surface area contributed by atoms with E-state index in [1.807, 2.05) is 0 Å². The van der Waals surface area contributed by atoms with Crippen LogP contribution in [0.4, 0.5) is 34.1 Å². The van der Waals surface area contributed by atoms with Gasteiger partial charge >= 0.3 is 75.4 Å². The van der Waals surface area contributed by atoms with E-state index in [0.717, 1.165) is 12.1 Å². The van der Waals surface area contributed by atoms with Gasteiger partial charge in [0.1, 0.15) is 51.9 Å². The summed E-state index contributed by atoms with van der Waals surface area (Å²) in [7, 11) is -20.8. The van der Waals surface area contributed by atoms with Crippen LogP contribution in [0.5, 0.6) is 0 Å². The van der Waals surface area contributed by atoms with Crippen molar-refractivity contribution in [1.82, 2.24) is 0 Å². The first-order valence-corrected chi connectivity index (χ1v) is 21.5. The number of nitrogen functional groups attached to an aromatic ring is 2. The number of benzene rings is 4. The van der Waals surface area contributed by atoms with Crippen LogP contribution in [-0.2, 0) is 40.5 Å². The second-order valence-corrected chi connectivity index (χ2v) is 17.8. The monoisotopic (exact) mass is 1280 g/mol. The quantitative estimate of drug-likeness (QED) is 0.0377. The first-order chi connectivity index (χ1) is 27.3. The number of nitrogens with two attached hydrogens (primary N) is 2. The summed E-state index contributed by atoms with van der Waals surface area (Å²) in [5.74, 6) is -2.28. The fourth-order valence-corrected chi connectivity index (χ4v) is 8.00. The molecule has 0 saturated carbocycles. The number of carbonyl (C=O) groups excluding carboxylic acids is 2. The van der Waals surface area contributed by atoms with Crippen LogP contribution < -0.4 is 97.8 Å². The summed E-state index contributed by atoms with van der Waals surface area (Å²) in [5.41, 5.74) is 13.8. The van der Waals surface area contributed by atoms with E-state index in [1.165, 1.54) is 42.5 Å². The predicted molar refractivity (Wildman–Crippen MR) is 298 cm³/mol. The molecule has 2 aliphatic rings. The van der Waals surface area contributed by atoms with Gasteiger partial charge in [-0.25, -0.2) is 33.7 Å². The summed E-state index contributed by atoms with van der Waals surface area (Å²) in [6.07, 6.45) is 1.37. The Kier molecular flexibility index (Phi) is 91.5. The Bertz CT molecular complexity index is 3240. The van der Waals surface area contributed by atoms with Crippen LogP contribution in [0.15, 0.2) is 107 Å². The smallest absolute Gasteiger partial charge is 0.744 e. The zero-order valence-electron chi connectivity index (χ0n) is 49.3. The number of aryl methyl sites for hydroxylation is 1. The molecule has 0 heterocycles. The number of fused-ring (bicyclic) bond motifs is 2. The molecule has 0 unspecified atom stereocenters. The van der Waals surface area contributed by atoms with Gasteiger partial charge in [0, 0.05) is 484 Å². The van der Waals surface area contributed by atoms with E-state index in [0.29, 0.717) is 35.5 Å². The van der Waals surface area contributed by atoms with Gasteiger partial charge < -0.3 is 29.7 Å². The number of nitrogens with zero attached hydrogens (tertiary/aromatic N) is 4. The Morgan fingerprint density at radius 2 is 0.747 bits per heavy atom. The molecule has 16 radical (unpaired) electrons. The number of carbonyl (C=O) groups is 2. The van der Waals surface area contributed by atoms with Gasteiger partial charge in [0.25, 0.3) is 0 Å². The molecule has 0 atom stereocenters. The maximum absolute atomic E-state index is 13.3. The first-order valence-electron chi connectivity index (χ1n) is 15.9. The summed E-state index contributed by atoms with van der Waals surface area (Å²) in [6.45, 7) is 1.59. The van der Waals surface area contributed by atoms with Crippen LogP contribution in [-0.4, -0.2) is 548 Å². The maximum Gasteiger partial charge on any atom is 1.00 e. The molecule has 79 heavy (non-hydrogen) atoms. The average Bonchev–Trinajstić information content (AvgIpc) is 3.12. The zero-order chi connectivity index (χ0) is 43.4. The number of nitrogens with one attached hydrogen (secondary N) is 2. The third-order valence-electron chi connectivity index (χ3n) is 8.33. The SMILES string of the molecule is Cc1cc(N=Nc2ccc(N/N=C3/C(=O)c4c(N)cc(S(=O)(=O)[O-])cc4C=C3S(=O)(=O)[O-])cc2)ccc1N/N=C1/C(=O)c2c(N)cc(S(=O)(=O)[O-])cc2C=C1S(=O)(=O)[O-].[Li+].[Li+].[Li+].[Li+].[Na].[Na].[Na].[Na].[Na].[Na].[Na].[Na].[Na].[Na].[Na].[Na].[Na].[Na].[Na].[Na]. The van der Waals surface area contributed by atoms with Gasteiger partial charge in [0.05, 0.1) is 53.5 Å². The van der Waals surface area contributed by atoms with E-state index in [2.05, 4.69) is 31.3 Å². The van der Waals surface area contributed by atoms with Crippen molar-refractivity contribution in [1.29, 1.82) is 0 Å². The van der Waals surface area contributed by atoms with E-state index < -0.39 is 94.4 Å². The molecule has 6 N–H and O–H groups in total. The van der Waals surface area contributed by atoms with Gasteiger partial charge in [-0.3, -0.25) is 20.4 Å². The second kappa shape index (κ2) is 56.7. The number of azo groups is 1. The van der Waals surface area contributed by atoms with Gasteiger partial charge in [-0.2, -0.15) is 20.4 Å². The summed E-state index contributed by atoms with van der Waals surface area (Å²) < 4.78 is 141. The van der Waals surface area contributed by atoms with Crippen molar-refractivity contribution in [3.8, 4) is 0 Å². The Hall–Kier alpha value is 11.9. The fourth-order valence-electron chi connectivity index (χ4n) is 5.62. The molecule has 4 aromatic rings. The van der Waals surface area contributed by atoms with E-state index in [9.17, 15) is 61.5 Å². The van der Waals surface area contributed by atoms with Gasteiger partial charge in [-0.1, -0.05) is 0 Å². The number of anilines is 4. The zero-order valence-corrected chi connectivity index (χ0v) is 84.6. The molecule has 0 fully saturated rings. The first kappa shape index (κ1) is 127. The van der Waals surface area contributed by atoms with Crippen molar-refractivity contribution >= 4 is 583 Å². The summed E-state index contributed by atoms with van der Waals surface area (Å²) in [5, 5.41) is 15.8. The number of allylic oxidation sites excluding steroid dienone is 2. The topological polar surface area (TPSA) is 388 Å². The molecule has 0 aliphatic heterocycles.